The SMILES string of the molecule is CO.[CH3-].[CH3-].[Ti+2]. The number of aliphatic hydroxyl groups excluding tert-OH is 1. The van der Waals surface area contributed by atoms with Gasteiger partial charge < -0.3 is 20.0 Å². The Hall–Kier alpha value is 0.674. The summed E-state index contributed by atoms with van der Waals surface area (Å²) < 4.78 is 0. The fraction of sp³-hybridized carbons (Fsp3) is 0.333. The Balaban J connectivity index is -0.00000000167. The van der Waals surface area contributed by atoms with Gasteiger partial charge in [-0.15, -0.1) is 0 Å². The van der Waals surface area contributed by atoms with Gasteiger partial charge in [-0.05, 0) is 0 Å². The third kappa shape index (κ3) is 73.5. The van der Waals surface area contributed by atoms with Crippen molar-refractivity contribution in [2.75, 3.05) is 7.11 Å². The van der Waals surface area contributed by atoms with Crippen LogP contribution < -0.4 is 0 Å². The molecule has 1 nitrogen and oxygen atoms in total. The van der Waals surface area contributed by atoms with Crippen molar-refractivity contribution in [3.63, 3.8) is 0 Å². The van der Waals surface area contributed by atoms with Gasteiger partial charge in [0.05, 0.1) is 0 Å². The monoisotopic (exact) mass is 110 g/mol. The molecule has 0 radical (unpaired) electrons. The molecule has 0 aliphatic carbocycles. The van der Waals surface area contributed by atoms with E-state index in [9.17, 15) is 0 Å². The largest absolute Gasteiger partial charge is 2.00 e. The fourth-order valence-electron chi connectivity index (χ4n) is 0. The molecule has 0 heterocycles. The first-order valence-corrected chi connectivity index (χ1v) is 0.447. The summed E-state index contributed by atoms with van der Waals surface area (Å²) in [5.41, 5.74) is 0. The summed E-state index contributed by atoms with van der Waals surface area (Å²) in [7, 11) is 1.00. The average Bonchev–Trinajstić information content (AvgIpc) is 1.00. The summed E-state index contributed by atoms with van der Waals surface area (Å²) in [6.07, 6.45) is 0. The van der Waals surface area contributed by atoms with Crippen LogP contribution in [-0.4, -0.2) is 12.2 Å². The van der Waals surface area contributed by atoms with E-state index in [-0.39, 0.29) is 36.6 Å². The Morgan fingerprint density at radius 2 is 1.00 bits per heavy atom. The maximum Gasteiger partial charge on any atom is 2.00 e. The van der Waals surface area contributed by atoms with Crippen molar-refractivity contribution in [3.8, 4) is 0 Å². The molecule has 0 atom stereocenters. The molecule has 0 aliphatic rings. The van der Waals surface area contributed by atoms with Crippen molar-refractivity contribution in [1.82, 2.24) is 0 Å². The molecule has 0 unspecified atom stereocenters. The van der Waals surface area contributed by atoms with Gasteiger partial charge in [0.25, 0.3) is 0 Å². The Kier molecular flexibility index (Phi) is 1230. The Bertz CT molecular complexity index is 6.85. The van der Waals surface area contributed by atoms with Crippen molar-refractivity contribution < 1.29 is 26.8 Å². The third-order valence-electron chi connectivity index (χ3n) is 0. The van der Waals surface area contributed by atoms with Crippen molar-refractivity contribution in [1.29, 1.82) is 0 Å². The minimum atomic E-state index is 0. The van der Waals surface area contributed by atoms with E-state index in [2.05, 4.69) is 0 Å². The number of hydrogen-bond donors (Lipinski definition) is 1. The Morgan fingerprint density at radius 3 is 1.00 bits per heavy atom. The second-order valence-corrected chi connectivity index (χ2v) is 0. The van der Waals surface area contributed by atoms with Gasteiger partial charge in [-0.25, -0.2) is 0 Å². The van der Waals surface area contributed by atoms with Crippen LogP contribution in [0.2, 0.25) is 0 Å². The molecular formula is C3H10OTi. The normalized spacial score (nSPS) is 1.20. The van der Waals surface area contributed by atoms with Crippen LogP contribution in [0.1, 0.15) is 0 Å². The predicted molar refractivity (Wildman–Crippen MR) is 21.0 cm³/mol. The molecule has 0 aliphatic heterocycles. The van der Waals surface area contributed by atoms with E-state index in [1.165, 1.54) is 0 Å². The van der Waals surface area contributed by atoms with E-state index in [1.807, 2.05) is 0 Å². The average molecular weight is 110 g/mol. The number of hydrogen-bond acceptors (Lipinski definition) is 1. The van der Waals surface area contributed by atoms with Gasteiger partial charge in [-0.2, -0.15) is 0 Å². The summed E-state index contributed by atoms with van der Waals surface area (Å²) in [5, 5.41) is 7.00. The van der Waals surface area contributed by atoms with Crippen LogP contribution in [0.4, 0.5) is 0 Å². The number of aliphatic hydroxyl groups is 1. The summed E-state index contributed by atoms with van der Waals surface area (Å²) >= 11 is 0. The molecule has 5 heavy (non-hydrogen) atoms. The topological polar surface area (TPSA) is 20.2 Å². The van der Waals surface area contributed by atoms with Gasteiger partial charge in [-0.1, -0.05) is 0 Å². The first-order valence-electron chi connectivity index (χ1n) is 0.447. The van der Waals surface area contributed by atoms with E-state index in [0.29, 0.717) is 0 Å². The second-order valence-electron chi connectivity index (χ2n) is 0. The Morgan fingerprint density at radius 1 is 1.00 bits per heavy atom. The molecular weight excluding hydrogens is 99.9 g/mol. The van der Waals surface area contributed by atoms with Crippen LogP contribution in [0, 0.1) is 14.9 Å². The molecule has 0 saturated carbocycles. The molecule has 0 amide bonds. The van der Waals surface area contributed by atoms with Crippen LogP contribution >= 0.6 is 0 Å². The van der Waals surface area contributed by atoms with Gasteiger partial charge in [0, 0.05) is 7.11 Å². The van der Waals surface area contributed by atoms with Crippen LogP contribution in [-0.2, 0) is 21.7 Å². The van der Waals surface area contributed by atoms with Gasteiger partial charge in [-0.3, -0.25) is 0 Å². The van der Waals surface area contributed by atoms with E-state index in [1.54, 1.807) is 0 Å². The maximum absolute atomic E-state index is 7.00. The molecule has 0 aromatic carbocycles. The summed E-state index contributed by atoms with van der Waals surface area (Å²) in [5.74, 6) is 0. The van der Waals surface area contributed by atoms with Gasteiger partial charge in [0.1, 0.15) is 0 Å². The molecule has 0 spiro atoms. The van der Waals surface area contributed by atoms with Gasteiger partial charge >= 0.3 is 21.7 Å². The first-order chi connectivity index (χ1) is 1.00. The van der Waals surface area contributed by atoms with Crippen LogP contribution in [0.25, 0.3) is 0 Å². The van der Waals surface area contributed by atoms with Crippen LogP contribution in [0.15, 0.2) is 0 Å². The van der Waals surface area contributed by atoms with Crippen molar-refractivity contribution >= 4 is 0 Å². The third-order valence-corrected chi connectivity index (χ3v) is 0. The van der Waals surface area contributed by atoms with E-state index < -0.39 is 0 Å². The van der Waals surface area contributed by atoms with Gasteiger partial charge in [0.2, 0.25) is 0 Å². The molecule has 0 saturated heterocycles. The quantitative estimate of drug-likeness (QED) is 0.355. The van der Waals surface area contributed by atoms with Crippen molar-refractivity contribution in [3.05, 3.63) is 14.9 Å². The fourth-order valence-corrected chi connectivity index (χ4v) is 0. The minimum absolute atomic E-state index is 0. The summed E-state index contributed by atoms with van der Waals surface area (Å²) in [6.45, 7) is 0. The molecule has 0 rings (SSSR count). The van der Waals surface area contributed by atoms with E-state index in [4.69, 9.17) is 5.11 Å². The second kappa shape index (κ2) is 139. The standard InChI is InChI=1S/CH4O.2CH3.Ti/c1-2;;;/h2H,1H3;2*1H3;/q;2*-1;+2. The summed E-state index contributed by atoms with van der Waals surface area (Å²) in [6, 6.07) is 0. The van der Waals surface area contributed by atoms with Crippen LogP contribution in [0.3, 0.4) is 0 Å². The molecule has 0 aromatic heterocycles. The zero-order valence-corrected chi connectivity index (χ0v) is 5.51. The zero-order chi connectivity index (χ0) is 2.00. The molecule has 0 aromatic rings. The molecule has 0 bridgehead atoms. The zero-order valence-electron chi connectivity index (χ0n) is 3.95. The van der Waals surface area contributed by atoms with Gasteiger partial charge in [0.15, 0.2) is 0 Å². The minimum Gasteiger partial charge on any atom is -0.400 e. The smallest absolute Gasteiger partial charge is 0.400 e. The molecule has 32 valence electrons. The maximum atomic E-state index is 7.00. The van der Waals surface area contributed by atoms with E-state index in [0.717, 1.165) is 7.11 Å². The predicted octanol–water partition coefficient (Wildman–Crippen LogP) is 0.507. The Labute approximate surface area is 49.3 Å². The van der Waals surface area contributed by atoms with Crippen molar-refractivity contribution in [2.24, 2.45) is 0 Å². The summed E-state index contributed by atoms with van der Waals surface area (Å²) in [4.78, 5) is 0. The molecule has 0 fully saturated rings. The van der Waals surface area contributed by atoms with Crippen molar-refractivity contribution in [2.45, 2.75) is 0 Å². The first kappa shape index (κ1) is 44.2. The van der Waals surface area contributed by atoms with Crippen LogP contribution in [0.5, 0.6) is 0 Å². The molecule has 2 heteroatoms. The van der Waals surface area contributed by atoms with E-state index >= 15 is 0 Å². The molecule has 1 N–H and O–H groups in total. The number of rotatable bonds is 0.